The van der Waals surface area contributed by atoms with Gasteiger partial charge < -0.3 is 0 Å². The molecule has 0 atom stereocenters. The van der Waals surface area contributed by atoms with Gasteiger partial charge in [0.05, 0.1) is 12.4 Å². The predicted octanol–water partition coefficient (Wildman–Crippen LogP) is 1.34. The van der Waals surface area contributed by atoms with Gasteiger partial charge in [0.1, 0.15) is 0 Å². The summed E-state index contributed by atoms with van der Waals surface area (Å²) >= 11 is 0. The highest BCUT2D eigenvalue weighted by Crippen LogP contribution is 2.23. The van der Waals surface area contributed by atoms with Crippen LogP contribution in [0.1, 0.15) is 18.4 Å². The van der Waals surface area contributed by atoms with Crippen LogP contribution < -0.4 is 4.90 Å². The second kappa shape index (κ2) is 5.29. The summed E-state index contributed by atoms with van der Waals surface area (Å²) in [6, 6.07) is 6.42. The molecule has 0 radical (unpaired) electrons. The lowest BCUT2D eigenvalue weighted by Gasteiger charge is -2.21. The van der Waals surface area contributed by atoms with Gasteiger partial charge in [-0.25, -0.2) is 14.6 Å². The lowest BCUT2D eigenvalue weighted by molar-refractivity contribution is -0.140. The summed E-state index contributed by atoms with van der Waals surface area (Å²) < 4.78 is 0. The molecule has 1 aromatic carbocycles. The summed E-state index contributed by atoms with van der Waals surface area (Å²) in [6.45, 7) is 3.83. The van der Waals surface area contributed by atoms with Gasteiger partial charge in [0, 0.05) is 0 Å². The third-order valence-corrected chi connectivity index (χ3v) is 3.89. The van der Waals surface area contributed by atoms with E-state index in [1.807, 2.05) is 24.0 Å². The van der Waals surface area contributed by atoms with Crippen LogP contribution in [0, 0.1) is 6.92 Å². The van der Waals surface area contributed by atoms with Gasteiger partial charge >= 0.3 is 17.8 Å². The number of rotatable bonds is 3. The predicted molar refractivity (Wildman–Crippen MR) is 76.6 cm³/mol. The number of aryl methyl sites for hydroxylation is 1. The summed E-state index contributed by atoms with van der Waals surface area (Å²) in [5.41, 5.74) is 1.46. The second-order valence-electron chi connectivity index (χ2n) is 5.46. The zero-order valence-corrected chi connectivity index (χ0v) is 11.9. The molecule has 1 aromatic rings. The summed E-state index contributed by atoms with van der Waals surface area (Å²) in [5, 5.41) is 0. The summed E-state index contributed by atoms with van der Waals surface area (Å²) in [7, 11) is 0. The quantitative estimate of drug-likeness (QED) is 0.622. The van der Waals surface area contributed by atoms with Crippen molar-refractivity contribution < 1.29 is 14.4 Å². The Balaban J connectivity index is 1.82. The van der Waals surface area contributed by atoms with Crippen LogP contribution >= 0.6 is 0 Å². The minimum Gasteiger partial charge on any atom is -0.285 e. The maximum absolute atomic E-state index is 12.4. The Bertz CT molecular complexity index is 591. The van der Waals surface area contributed by atoms with Crippen LogP contribution in [0.5, 0.6) is 0 Å². The minimum atomic E-state index is -0.775. The van der Waals surface area contributed by atoms with Crippen molar-refractivity contribution >= 4 is 23.5 Å². The van der Waals surface area contributed by atoms with E-state index in [0.717, 1.165) is 41.3 Å². The maximum Gasteiger partial charge on any atom is 0.340 e. The number of hydrogen-bond donors (Lipinski definition) is 0. The van der Waals surface area contributed by atoms with Crippen LogP contribution in [0.15, 0.2) is 24.3 Å². The van der Waals surface area contributed by atoms with Gasteiger partial charge in [-0.2, -0.15) is 0 Å². The highest BCUT2D eigenvalue weighted by Gasteiger charge is 2.45. The van der Waals surface area contributed by atoms with E-state index in [2.05, 4.69) is 0 Å². The van der Waals surface area contributed by atoms with Crippen LogP contribution in [0.2, 0.25) is 0 Å². The van der Waals surface area contributed by atoms with Crippen molar-refractivity contribution in [3.8, 4) is 0 Å². The van der Waals surface area contributed by atoms with E-state index in [9.17, 15) is 14.4 Å². The number of anilines is 1. The number of benzene rings is 1. The summed E-state index contributed by atoms with van der Waals surface area (Å²) in [4.78, 5) is 40.5. The number of amides is 4. The third-order valence-electron chi connectivity index (χ3n) is 3.89. The smallest absolute Gasteiger partial charge is 0.285 e. The topological polar surface area (TPSA) is 60.9 Å². The first-order valence-corrected chi connectivity index (χ1v) is 7.07. The maximum atomic E-state index is 12.4. The molecule has 6 heteroatoms. The Morgan fingerprint density at radius 2 is 1.57 bits per heavy atom. The second-order valence-corrected chi connectivity index (χ2v) is 5.46. The Morgan fingerprint density at radius 1 is 0.952 bits per heavy atom. The zero-order valence-electron chi connectivity index (χ0n) is 11.9. The van der Waals surface area contributed by atoms with E-state index in [1.165, 1.54) is 0 Å². The molecule has 110 valence electrons. The van der Waals surface area contributed by atoms with Gasteiger partial charge in [-0.05, 0) is 45.0 Å². The molecule has 2 aliphatic rings. The molecule has 0 saturated carbocycles. The Labute approximate surface area is 122 Å². The lowest BCUT2D eigenvalue weighted by Crippen LogP contribution is -2.41. The molecule has 2 aliphatic heterocycles. The zero-order chi connectivity index (χ0) is 15.0. The van der Waals surface area contributed by atoms with Crippen LogP contribution in [0.3, 0.4) is 0 Å². The highest BCUT2D eigenvalue weighted by molar-refractivity contribution is 6.52. The SMILES string of the molecule is Cc1ccc(N2C(=O)C(=O)N(CN3CCCC3)C2=O)cc1. The standard InChI is InChI=1S/C15H17N3O3/c1-11-4-6-12(7-5-11)18-14(20)13(19)17(15(18)21)10-16-8-2-3-9-16/h4-7H,2-3,8-10H2,1H3. The summed E-state index contributed by atoms with van der Waals surface area (Å²) in [5.74, 6) is -1.52. The minimum absolute atomic E-state index is 0.200. The Morgan fingerprint density at radius 3 is 2.19 bits per heavy atom. The average Bonchev–Trinajstić information content (AvgIpc) is 3.05. The third kappa shape index (κ3) is 2.42. The van der Waals surface area contributed by atoms with Crippen molar-refractivity contribution in [3.05, 3.63) is 29.8 Å². The number of hydrogen-bond acceptors (Lipinski definition) is 4. The van der Waals surface area contributed by atoms with Gasteiger partial charge in [0.2, 0.25) is 0 Å². The average molecular weight is 287 g/mol. The Hall–Kier alpha value is -2.21. The van der Waals surface area contributed by atoms with E-state index in [1.54, 1.807) is 12.1 Å². The van der Waals surface area contributed by atoms with Crippen molar-refractivity contribution in [2.45, 2.75) is 19.8 Å². The molecule has 0 aromatic heterocycles. The highest BCUT2D eigenvalue weighted by atomic mass is 16.2. The van der Waals surface area contributed by atoms with E-state index in [0.29, 0.717) is 5.69 Å². The van der Waals surface area contributed by atoms with E-state index < -0.39 is 17.8 Å². The monoisotopic (exact) mass is 287 g/mol. The van der Waals surface area contributed by atoms with Crippen LogP contribution in [0.4, 0.5) is 10.5 Å². The molecule has 2 heterocycles. The molecular weight excluding hydrogens is 270 g/mol. The molecule has 21 heavy (non-hydrogen) atoms. The number of nitrogens with zero attached hydrogens (tertiary/aromatic N) is 3. The van der Waals surface area contributed by atoms with Crippen LogP contribution in [-0.2, 0) is 9.59 Å². The lowest BCUT2D eigenvalue weighted by atomic mass is 10.2. The van der Waals surface area contributed by atoms with Crippen molar-refractivity contribution in [3.63, 3.8) is 0 Å². The molecule has 2 fully saturated rings. The fourth-order valence-corrected chi connectivity index (χ4v) is 2.68. The molecule has 6 nitrogen and oxygen atoms in total. The largest absolute Gasteiger partial charge is 0.340 e. The summed E-state index contributed by atoms with van der Waals surface area (Å²) in [6.07, 6.45) is 2.12. The van der Waals surface area contributed by atoms with Crippen LogP contribution in [0.25, 0.3) is 0 Å². The van der Waals surface area contributed by atoms with Gasteiger partial charge in [0.25, 0.3) is 0 Å². The molecular formula is C15H17N3O3. The van der Waals surface area contributed by atoms with Crippen molar-refractivity contribution in [1.82, 2.24) is 9.80 Å². The first kappa shape index (κ1) is 13.8. The number of urea groups is 1. The molecule has 3 rings (SSSR count). The van der Waals surface area contributed by atoms with Crippen molar-refractivity contribution in [2.24, 2.45) is 0 Å². The number of carbonyl (C=O) groups excluding carboxylic acids is 3. The van der Waals surface area contributed by atoms with Gasteiger partial charge in [0.15, 0.2) is 0 Å². The molecule has 0 N–H and O–H groups in total. The van der Waals surface area contributed by atoms with Gasteiger partial charge in [-0.3, -0.25) is 14.5 Å². The van der Waals surface area contributed by atoms with E-state index in [4.69, 9.17) is 0 Å². The van der Waals surface area contributed by atoms with Crippen LogP contribution in [-0.4, -0.2) is 47.4 Å². The molecule has 0 aliphatic carbocycles. The van der Waals surface area contributed by atoms with Crippen molar-refractivity contribution in [1.29, 1.82) is 0 Å². The van der Waals surface area contributed by atoms with E-state index in [-0.39, 0.29) is 6.67 Å². The number of likely N-dealkylation sites (tertiary alicyclic amines) is 1. The molecule has 0 spiro atoms. The molecule has 0 bridgehead atoms. The molecule has 0 unspecified atom stereocenters. The number of carbonyl (C=O) groups is 3. The fraction of sp³-hybridized carbons (Fsp3) is 0.400. The normalized spacial score (nSPS) is 20.0. The first-order valence-electron chi connectivity index (χ1n) is 7.07. The van der Waals surface area contributed by atoms with Gasteiger partial charge in [-0.15, -0.1) is 0 Å². The van der Waals surface area contributed by atoms with Crippen molar-refractivity contribution in [2.75, 3.05) is 24.7 Å². The van der Waals surface area contributed by atoms with Gasteiger partial charge in [-0.1, -0.05) is 17.7 Å². The van der Waals surface area contributed by atoms with E-state index >= 15 is 0 Å². The Kier molecular flexibility index (Phi) is 3.47. The number of imide groups is 2. The molecule has 2 saturated heterocycles. The molecule has 4 amide bonds. The first-order chi connectivity index (χ1) is 10.1. The fourth-order valence-electron chi connectivity index (χ4n) is 2.68.